The van der Waals surface area contributed by atoms with Crippen molar-refractivity contribution in [2.75, 3.05) is 13.1 Å². The van der Waals surface area contributed by atoms with Crippen LogP contribution in [-0.4, -0.2) is 44.3 Å². The molecule has 1 aliphatic carbocycles. The molecule has 34 heavy (non-hydrogen) atoms. The second-order valence-corrected chi connectivity index (χ2v) is 11.6. The van der Waals surface area contributed by atoms with Gasteiger partial charge in [0, 0.05) is 19.5 Å². The molecule has 3 N–H and O–H groups in total. The zero-order chi connectivity index (χ0) is 25.3. The van der Waals surface area contributed by atoms with E-state index in [0.29, 0.717) is 38.1 Å². The number of hydrogen-bond acceptors (Lipinski definition) is 4. The van der Waals surface area contributed by atoms with E-state index in [0.717, 1.165) is 37.5 Å². The normalized spacial score (nSPS) is 15.6. The van der Waals surface area contributed by atoms with E-state index in [1.165, 1.54) is 12.8 Å². The topological polar surface area (TPSA) is 110 Å². The van der Waals surface area contributed by atoms with Gasteiger partial charge >= 0.3 is 0 Å². The Hall–Kier alpha value is -1.71. The van der Waals surface area contributed by atoms with E-state index in [-0.39, 0.29) is 28.3 Å². The predicted octanol–water partition coefficient (Wildman–Crippen LogP) is 4.24. The van der Waals surface area contributed by atoms with Crippen LogP contribution in [-0.2, 0) is 19.6 Å². The van der Waals surface area contributed by atoms with Crippen LogP contribution >= 0.6 is 11.6 Å². The summed E-state index contributed by atoms with van der Waals surface area (Å²) < 4.78 is 40.6. The molecule has 0 spiro atoms. The smallest absolute Gasteiger partial charge is 0.242 e. The number of hydrogen-bond donors (Lipinski definition) is 2. The highest BCUT2D eigenvalue weighted by atomic mass is 35.5. The molecule has 2 amide bonds. The minimum absolute atomic E-state index is 0.0741. The first kappa shape index (κ1) is 28.5. The number of unbranched alkanes of at least 4 members (excludes halogenated alkanes) is 1. The molecule has 1 saturated carbocycles. The van der Waals surface area contributed by atoms with Crippen LogP contribution in [0.5, 0.6) is 0 Å². The number of sulfonamides is 1. The van der Waals surface area contributed by atoms with Crippen molar-refractivity contribution < 1.29 is 22.4 Å². The molecule has 2 rings (SSSR count). The van der Waals surface area contributed by atoms with Crippen molar-refractivity contribution >= 4 is 33.4 Å². The highest BCUT2D eigenvalue weighted by molar-refractivity contribution is 7.89. The average Bonchev–Trinajstić information content (AvgIpc) is 3.26. The van der Waals surface area contributed by atoms with Gasteiger partial charge in [-0.3, -0.25) is 9.59 Å². The van der Waals surface area contributed by atoms with Crippen LogP contribution in [0.3, 0.4) is 0 Å². The minimum Gasteiger partial charge on any atom is -0.368 e. The Labute approximate surface area is 207 Å². The number of rotatable bonds is 14. The highest BCUT2D eigenvalue weighted by Crippen LogP contribution is 2.29. The number of halogens is 2. The van der Waals surface area contributed by atoms with Crippen LogP contribution in [0.4, 0.5) is 4.39 Å². The van der Waals surface area contributed by atoms with Crippen LogP contribution < -0.4 is 10.5 Å². The maximum absolute atomic E-state index is 13.2. The summed E-state index contributed by atoms with van der Waals surface area (Å²) in [5, 5.41) is -0.190. The van der Waals surface area contributed by atoms with Crippen molar-refractivity contribution in [3.8, 4) is 0 Å². The summed E-state index contributed by atoms with van der Waals surface area (Å²) in [6.45, 7) is 4.40. The summed E-state index contributed by atoms with van der Waals surface area (Å²) in [7, 11) is -3.89. The molecule has 10 heteroatoms. The minimum atomic E-state index is -3.89. The fraction of sp³-hybridized carbons (Fsp3) is 0.667. The average molecular weight is 518 g/mol. The highest BCUT2D eigenvalue weighted by Gasteiger charge is 2.29. The summed E-state index contributed by atoms with van der Waals surface area (Å²) in [6.07, 6.45) is 7.35. The van der Waals surface area contributed by atoms with Gasteiger partial charge in [0.05, 0.1) is 5.02 Å². The Kier molecular flexibility index (Phi) is 11.2. The largest absolute Gasteiger partial charge is 0.368 e. The van der Waals surface area contributed by atoms with Crippen molar-refractivity contribution in [1.82, 2.24) is 9.62 Å². The Morgan fingerprint density at radius 1 is 1.24 bits per heavy atom. The van der Waals surface area contributed by atoms with Crippen LogP contribution in [0.25, 0.3) is 0 Å². The number of nitrogens with zero attached hydrogens (tertiary/aromatic N) is 1. The van der Waals surface area contributed by atoms with E-state index >= 15 is 0 Å². The number of primary amides is 1. The predicted molar refractivity (Wildman–Crippen MR) is 131 cm³/mol. The van der Waals surface area contributed by atoms with Crippen molar-refractivity contribution in [1.29, 1.82) is 0 Å². The van der Waals surface area contributed by atoms with Crippen molar-refractivity contribution in [3.05, 3.63) is 29.0 Å². The molecule has 0 bridgehead atoms. The Morgan fingerprint density at radius 2 is 1.91 bits per heavy atom. The van der Waals surface area contributed by atoms with Crippen LogP contribution in [0.2, 0.25) is 5.02 Å². The van der Waals surface area contributed by atoms with E-state index in [9.17, 15) is 22.4 Å². The lowest BCUT2D eigenvalue weighted by Gasteiger charge is -2.31. The summed E-state index contributed by atoms with van der Waals surface area (Å²) in [5.74, 6) is -0.456. The number of nitrogens with two attached hydrogens (primary N) is 1. The molecule has 1 aromatic rings. The molecule has 1 aromatic carbocycles. The first-order valence-electron chi connectivity index (χ1n) is 12.0. The van der Waals surface area contributed by atoms with Crippen molar-refractivity contribution in [2.24, 2.45) is 17.6 Å². The second kappa shape index (κ2) is 13.4. The number of carbonyl (C=O) groups excluding carboxylic acids is 2. The van der Waals surface area contributed by atoms with Gasteiger partial charge in [-0.25, -0.2) is 17.5 Å². The fourth-order valence-corrected chi connectivity index (χ4v) is 6.06. The molecular weight excluding hydrogens is 481 g/mol. The summed E-state index contributed by atoms with van der Waals surface area (Å²) >= 11 is 5.87. The monoisotopic (exact) mass is 517 g/mol. The molecule has 1 fully saturated rings. The molecule has 0 unspecified atom stereocenters. The maximum atomic E-state index is 13.2. The van der Waals surface area contributed by atoms with Gasteiger partial charge in [0.15, 0.2) is 0 Å². The molecule has 0 aromatic heterocycles. The fourth-order valence-electron chi connectivity index (χ4n) is 4.45. The van der Waals surface area contributed by atoms with Crippen LogP contribution in [0, 0.1) is 17.7 Å². The van der Waals surface area contributed by atoms with Gasteiger partial charge in [0.25, 0.3) is 0 Å². The lowest BCUT2D eigenvalue weighted by molar-refractivity contribution is -0.140. The summed E-state index contributed by atoms with van der Waals surface area (Å²) in [6, 6.07) is 2.43. The third-order valence-electron chi connectivity index (χ3n) is 6.26. The van der Waals surface area contributed by atoms with Crippen molar-refractivity contribution in [3.63, 3.8) is 0 Å². The van der Waals surface area contributed by atoms with E-state index < -0.39 is 27.8 Å². The van der Waals surface area contributed by atoms with Gasteiger partial charge in [-0.05, 0) is 55.7 Å². The van der Waals surface area contributed by atoms with Gasteiger partial charge in [-0.2, -0.15) is 0 Å². The Balaban J connectivity index is 1.94. The third-order valence-corrected chi connectivity index (χ3v) is 8.21. The molecule has 192 valence electrons. The number of carbonyl (C=O) groups is 2. The summed E-state index contributed by atoms with van der Waals surface area (Å²) in [5.41, 5.74) is 5.65. The number of benzene rings is 1. The quantitative estimate of drug-likeness (QED) is 0.360. The second-order valence-electron chi connectivity index (χ2n) is 9.50. The molecule has 0 aliphatic heterocycles. The van der Waals surface area contributed by atoms with Gasteiger partial charge < -0.3 is 10.6 Å². The van der Waals surface area contributed by atoms with Crippen molar-refractivity contribution in [2.45, 2.75) is 82.6 Å². The first-order chi connectivity index (χ1) is 16.0. The first-order valence-corrected chi connectivity index (χ1v) is 13.9. The number of nitrogens with one attached hydrogen (secondary N) is 1. The Morgan fingerprint density at radius 3 is 2.50 bits per heavy atom. The molecule has 0 saturated heterocycles. The zero-order valence-electron chi connectivity index (χ0n) is 20.1. The Bertz CT molecular complexity index is 936. The maximum Gasteiger partial charge on any atom is 0.242 e. The SMILES string of the molecule is CC(C)C[C@@H](C(N)=O)N(CCCCNS(=O)(=O)c1ccc(F)cc1Cl)C(=O)CCC1CCCC1. The molecule has 0 radical (unpaired) electrons. The van der Waals surface area contributed by atoms with Crippen LogP contribution in [0.15, 0.2) is 23.1 Å². The van der Waals surface area contributed by atoms with E-state index in [4.69, 9.17) is 17.3 Å². The molecule has 1 atom stereocenters. The van der Waals surface area contributed by atoms with Gasteiger partial charge in [0.2, 0.25) is 21.8 Å². The lowest BCUT2D eigenvalue weighted by Crippen LogP contribution is -2.49. The standard InChI is InChI=1S/C24H37ClFN3O4S/c1-17(2)15-21(24(27)31)29(23(30)12-9-18-7-3-4-8-18)14-6-5-13-28-34(32,33)22-11-10-19(26)16-20(22)25/h10-11,16-18,21,28H,3-9,12-15H2,1-2H3,(H2,27,31)/t21-/m0/s1. The van der Waals surface area contributed by atoms with Crippen LogP contribution in [0.1, 0.15) is 71.6 Å². The zero-order valence-corrected chi connectivity index (χ0v) is 21.6. The molecule has 7 nitrogen and oxygen atoms in total. The summed E-state index contributed by atoms with van der Waals surface area (Å²) in [4.78, 5) is 26.6. The van der Waals surface area contributed by atoms with E-state index in [2.05, 4.69) is 4.72 Å². The molecular formula is C24H37ClFN3O4S. The lowest BCUT2D eigenvalue weighted by atomic mass is 9.98. The van der Waals surface area contributed by atoms with E-state index in [1.54, 1.807) is 4.90 Å². The van der Waals surface area contributed by atoms with Gasteiger partial charge in [-0.15, -0.1) is 0 Å². The third kappa shape index (κ3) is 8.82. The molecule has 0 heterocycles. The van der Waals surface area contributed by atoms with E-state index in [1.807, 2.05) is 13.8 Å². The number of amides is 2. The van der Waals surface area contributed by atoms with Gasteiger partial charge in [0.1, 0.15) is 16.8 Å². The molecule has 1 aliphatic rings. The van der Waals surface area contributed by atoms with Gasteiger partial charge in [-0.1, -0.05) is 51.1 Å².